The lowest BCUT2D eigenvalue weighted by atomic mass is 9.79. The number of likely N-dealkylation sites (N-methyl/N-ethyl adjacent to an activating group) is 1. The van der Waals surface area contributed by atoms with Gasteiger partial charge in [0.2, 0.25) is 5.91 Å². The zero-order valence-corrected chi connectivity index (χ0v) is 11.1. The van der Waals surface area contributed by atoms with Gasteiger partial charge in [0.15, 0.2) is 5.84 Å². The molecule has 0 saturated heterocycles. The van der Waals surface area contributed by atoms with E-state index in [0.29, 0.717) is 25.0 Å². The second-order valence-electron chi connectivity index (χ2n) is 4.62. The van der Waals surface area contributed by atoms with Crippen molar-refractivity contribution in [3.8, 4) is 0 Å². The van der Waals surface area contributed by atoms with E-state index in [1.54, 1.807) is 4.90 Å². The largest absolute Gasteiger partial charge is 0.409 e. The van der Waals surface area contributed by atoms with Crippen molar-refractivity contribution < 1.29 is 14.7 Å². The minimum absolute atomic E-state index is 0.0593. The number of nitrogens with two attached hydrogens (primary N) is 1. The molecule has 0 heterocycles. The topological polar surface area (TPSA) is 88.2 Å². The third kappa shape index (κ3) is 4.18. The van der Waals surface area contributed by atoms with Gasteiger partial charge in [0.1, 0.15) is 0 Å². The van der Waals surface area contributed by atoms with Gasteiger partial charge >= 0.3 is 0 Å². The van der Waals surface area contributed by atoms with Crippen LogP contribution in [-0.4, -0.2) is 47.7 Å². The van der Waals surface area contributed by atoms with Crippen LogP contribution in [0.15, 0.2) is 5.16 Å². The Morgan fingerprint density at radius 1 is 1.50 bits per heavy atom. The summed E-state index contributed by atoms with van der Waals surface area (Å²) in [5.41, 5.74) is 5.41. The molecule has 0 bridgehead atoms. The lowest BCUT2D eigenvalue weighted by molar-refractivity contribution is -0.133. The van der Waals surface area contributed by atoms with E-state index in [9.17, 15) is 4.79 Å². The van der Waals surface area contributed by atoms with Gasteiger partial charge in [-0.2, -0.15) is 0 Å². The van der Waals surface area contributed by atoms with Crippen LogP contribution in [-0.2, 0) is 9.53 Å². The molecule has 0 radical (unpaired) electrons. The molecule has 0 aromatic carbocycles. The highest BCUT2D eigenvalue weighted by Crippen LogP contribution is 2.33. The summed E-state index contributed by atoms with van der Waals surface area (Å²) >= 11 is 0. The van der Waals surface area contributed by atoms with Crippen LogP contribution in [0.25, 0.3) is 0 Å². The average molecular weight is 257 g/mol. The summed E-state index contributed by atoms with van der Waals surface area (Å²) in [5, 5.41) is 11.4. The van der Waals surface area contributed by atoms with Gasteiger partial charge in [0.25, 0.3) is 0 Å². The van der Waals surface area contributed by atoms with Gasteiger partial charge < -0.3 is 20.6 Å². The van der Waals surface area contributed by atoms with Crippen LogP contribution in [0.2, 0.25) is 0 Å². The van der Waals surface area contributed by atoms with Crippen LogP contribution >= 0.6 is 0 Å². The first-order valence-electron chi connectivity index (χ1n) is 6.46. The van der Waals surface area contributed by atoms with Gasteiger partial charge in [-0.3, -0.25) is 4.79 Å². The lowest BCUT2D eigenvalue weighted by Crippen LogP contribution is -2.41. The number of rotatable bonds is 7. The van der Waals surface area contributed by atoms with Crippen molar-refractivity contribution >= 4 is 11.7 Å². The van der Waals surface area contributed by atoms with Crippen molar-refractivity contribution in [1.82, 2.24) is 4.90 Å². The van der Waals surface area contributed by atoms with E-state index < -0.39 is 0 Å². The molecule has 1 aliphatic rings. The SMILES string of the molecule is CCOC1CC(CC(=O)N(CC)CC(N)=NO)C1. The molecule has 18 heavy (non-hydrogen) atoms. The Morgan fingerprint density at radius 3 is 2.67 bits per heavy atom. The fourth-order valence-electron chi connectivity index (χ4n) is 2.19. The summed E-state index contributed by atoms with van der Waals surface area (Å²) in [6.07, 6.45) is 2.77. The number of carbonyl (C=O) groups excluding carboxylic acids is 1. The predicted octanol–water partition coefficient (Wildman–Crippen LogP) is 0.787. The predicted molar refractivity (Wildman–Crippen MR) is 68.4 cm³/mol. The van der Waals surface area contributed by atoms with E-state index in [1.807, 2.05) is 13.8 Å². The molecule has 104 valence electrons. The quantitative estimate of drug-likeness (QED) is 0.305. The number of hydrogen-bond acceptors (Lipinski definition) is 4. The van der Waals surface area contributed by atoms with Gasteiger partial charge in [0.05, 0.1) is 12.6 Å². The molecule has 0 atom stereocenters. The molecule has 0 aromatic rings. The summed E-state index contributed by atoms with van der Waals surface area (Å²) in [6, 6.07) is 0. The Bertz CT molecular complexity index is 301. The minimum Gasteiger partial charge on any atom is -0.409 e. The van der Waals surface area contributed by atoms with Crippen LogP contribution in [0.5, 0.6) is 0 Å². The van der Waals surface area contributed by atoms with Crippen molar-refractivity contribution in [1.29, 1.82) is 0 Å². The first-order valence-corrected chi connectivity index (χ1v) is 6.46. The van der Waals surface area contributed by atoms with Crippen molar-refractivity contribution in [2.45, 2.75) is 39.2 Å². The molecule has 1 saturated carbocycles. The molecular weight excluding hydrogens is 234 g/mol. The van der Waals surface area contributed by atoms with Crippen molar-refractivity contribution in [3.05, 3.63) is 0 Å². The molecule has 0 aromatic heterocycles. The van der Waals surface area contributed by atoms with Crippen LogP contribution in [0, 0.1) is 5.92 Å². The molecule has 1 rings (SSSR count). The van der Waals surface area contributed by atoms with Crippen LogP contribution < -0.4 is 5.73 Å². The molecule has 1 fully saturated rings. The number of amides is 1. The summed E-state index contributed by atoms with van der Waals surface area (Å²) in [7, 11) is 0. The van der Waals surface area contributed by atoms with E-state index in [0.717, 1.165) is 19.4 Å². The third-order valence-electron chi connectivity index (χ3n) is 3.27. The monoisotopic (exact) mass is 257 g/mol. The molecule has 1 amide bonds. The molecule has 0 spiro atoms. The van der Waals surface area contributed by atoms with Crippen molar-refractivity contribution in [2.75, 3.05) is 19.7 Å². The fourth-order valence-corrected chi connectivity index (χ4v) is 2.19. The number of ether oxygens (including phenoxy) is 1. The van der Waals surface area contributed by atoms with E-state index in [1.165, 1.54) is 0 Å². The maximum absolute atomic E-state index is 12.0. The number of nitrogens with zero attached hydrogens (tertiary/aromatic N) is 2. The summed E-state index contributed by atoms with van der Waals surface area (Å²) in [4.78, 5) is 13.6. The third-order valence-corrected chi connectivity index (χ3v) is 3.27. The summed E-state index contributed by atoms with van der Waals surface area (Å²) in [6.45, 7) is 5.35. The van der Waals surface area contributed by atoms with E-state index >= 15 is 0 Å². The maximum Gasteiger partial charge on any atom is 0.223 e. The molecular formula is C12H23N3O3. The molecule has 3 N–H and O–H groups in total. The highest BCUT2D eigenvalue weighted by molar-refractivity contribution is 5.87. The summed E-state index contributed by atoms with van der Waals surface area (Å²) in [5.74, 6) is 0.533. The van der Waals surface area contributed by atoms with Gasteiger partial charge in [-0.25, -0.2) is 0 Å². The highest BCUT2D eigenvalue weighted by atomic mass is 16.5. The Morgan fingerprint density at radius 2 is 2.17 bits per heavy atom. The van der Waals surface area contributed by atoms with Crippen LogP contribution in [0.1, 0.15) is 33.1 Å². The van der Waals surface area contributed by atoms with Crippen molar-refractivity contribution in [2.24, 2.45) is 16.8 Å². The number of carbonyl (C=O) groups is 1. The second kappa shape index (κ2) is 7.20. The van der Waals surface area contributed by atoms with Gasteiger partial charge in [0, 0.05) is 19.6 Å². The molecule has 6 heteroatoms. The Balaban J connectivity index is 2.31. The number of oxime groups is 1. The van der Waals surface area contributed by atoms with Crippen LogP contribution in [0.4, 0.5) is 0 Å². The maximum atomic E-state index is 12.0. The Kier molecular flexibility index (Phi) is 5.91. The Labute approximate surface area is 108 Å². The Hall–Kier alpha value is -1.30. The first kappa shape index (κ1) is 14.8. The molecule has 1 aliphatic carbocycles. The lowest BCUT2D eigenvalue weighted by Gasteiger charge is -2.35. The first-order chi connectivity index (χ1) is 8.60. The van der Waals surface area contributed by atoms with Gasteiger partial charge in [-0.05, 0) is 32.6 Å². The molecule has 0 unspecified atom stereocenters. The molecule has 0 aliphatic heterocycles. The van der Waals surface area contributed by atoms with Crippen molar-refractivity contribution in [3.63, 3.8) is 0 Å². The summed E-state index contributed by atoms with van der Waals surface area (Å²) < 4.78 is 5.46. The normalized spacial score (nSPS) is 23.6. The number of amidine groups is 1. The smallest absolute Gasteiger partial charge is 0.223 e. The van der Waals surface area contributed by atoms with Crippen LogP contribution in [0.3, 0.4) is 0 Å². The minimum atomic E-state index is 0.0593. The van der Waals surface area contributed by atoms with E-state index in [4.69, 9.17) is 15.7 Å². The second-order valence-corrected chi connectivity index (χ2v) is 4.62. The zero-order chi connectivity index (χ0) is 13.5. The molecule has 6 nitrogen and oxygen atoms in total. The highest BCUT2D eigenvalue weighted by Gasteiger charge is 2.32. The van der Waals surface area contributed by atoms with E-state index in [-0.39, 0.29) is 18.3 Å². The van der Waals surface area contributed by atoms with E-state index in [2.05, 4.69) is 5.16 Å². The number of hydrogen-bond donors (Lipinski definition) is 2. The fraction of sp³-hybridized carbons (Fsp3) is 0.833. The standard InChI is InChI=1S/C12H23N3O3/c1-3-15(8-11(13)14-17)12(16)7-9-5-10(6-9)18-4-2/h9-10,17H,3-8H2,1-2H3,(H2,13,14). The van der Waals surface area contributed by atoms with Gasteiger partial charge in [-0.1, -0.05) is 5.16 Å². The zero-order valence-electron chi connectivity index (χ0n) is 11.1. The average Bonchev–Trinajstić information content (AvgIpc) is 2.32. The van der Waals surface area contributed by atoms with Gasteiger partial charge in [-0.15, -0.1) is 0 Å².